The molecule has 0 fully saturated rings. The van der Waals surface area contributed by atoms with Crippen LogP contribution in [0.3, 0.4) is 0 Å². The van der Waals surface area contributed by atoms with Gasteiger partial charge in [0.1, 0.15) is 17.3 Å². The van der Waals surface area contributed by atoms with Gasteiger partial charge in [-0.05, 0) is 36.8 Å². The number of benzene rings is 2. The molecule has 0 aromatic heterocycles. The minimum Gasteiger partial charge on any atom is -0.496 e. The van der Waals surface area contributed by atoms with Crippen LogP contribution in [0.5, 0.6) is 11.5 Å². The van der Waals surface area contributed by atoms with Crippen molar-refractivity contribution in [2.24, 2.45) is 0 Å². The highest BCUT2D eigenvalue weighted by molar-refractivity contribution is 5.81. The van der Waals surface area contributed by atoms with Crippen molar-refractivity contribution < 1.29 is 18.7 Å². The van der Waals surface area contributed by atoms with E-state index in [1.807, 2.05) is 31.2 Å². The van der Waals surface area contributed by atoms with Gasteiger partial charge in [-0.1, -0.05) is 25.1 Å². The fraction of sp³-hybridized carbons (Fsp3) is 0.316. The Bertz CT molecular complexity index is 673. The number of likely N-dealkylation sites (N-methyl/N-ethyl adjacent to an activating group) is 1. The summed E-state index contributed by atoms with van der Waals surface area (Å²) in [5.41, 5.74) is 0.924. The van der Waals surface area contributed by atoms with Crippen molar-refractivity contribution >= 4 is 5.91 Å². The SMILES string of the molecule is CC[C@H](Oc1ccc(F)cc1)C(=O)N(C)Cc1ccccc1OC. The zero-order valence-electron chi connectivity index (χ0n) is 14.2. The van der Waals surface area contributed by atoms with E-state index < -0.39 is 6.10 Å². The first-order valence-corrected chi connectivity index (χ1v) is 7.84. The summed E-state index contributed by atoms with van der Waals surface area (Å²) < 4.78 is 24.0. The molecule has 2 aromatic rings. The second kappa shape index (κ2) is 8.34. The number of amides is 1. The molecule has 0 aliphatic rings. The number of rotatable bonds is 7. The molecule has 0 saturated heterocycles. The highest BCUT2D eigenvalue weighted by Crippen LogP contribution is 2.20. The third kappa shape index (κ3) is 4.47. The quantitative estimate of drug-likeness (QED) is 0.777. The number of hydrogen-bond donors (Lipinski definition) is 0. The molecule has 4 nitrogen and oxygen atoms in total. The number of hydrogen-bond acceptors (Lipinski definition) is 3. The molecule has 0 heterocycles. The average molecular weight is 331 g/mol. The third-order valence-corrected chi connectivity index (χ3v) is 3.71. The summed E-state index contributed by atoms with van der Waals surface area (Å²) in [5.74, 6) is 0.745. The van der Waals surface area contributed by atoms with Gasteiger partial charge in [-0.25, -0.2) is 4.39 Å². The van der Waals surface area contributed by atoms with E-state index in [4.69, 9.17) is 9.47 Å². The normalized spacial score (nSPS) is 11.7. The van der Waals surface area contributed by atoms with E-state index in [0.29, 0.717) is 18.7 Å². The maximum absolute atomic E-state index is 13.0. The van der Waals surface area contributed by atoms with Crippen LogP contribution in [0.25, 0.3) is 0 Å². The lowest BCUT2D eigenvalue weighted by Gasteiger charge is -2.24. The Hall–Kier alpha value is -2.56. The van der Waals surface area contributed by atoms with Crippen molar-refractivity contribution in [3.63, 3.8) is 0 Å². The molecule has 1 atom stereocenters. The van der Waals surface area contributed by atoms with Crippen LogP contribution in [0.15, 0.2) is 48.5 Å². The summed E-state index contributed by atoms with van der Waals surface area (Å²) in [6, 6.07) is 13.2. The fourth-order valence-electron chi connectivity index (χ4n) is 2.40. The van der Waals surface area contributed by atoms with E-state index >= 15 is 0 Å². The Morgan fingerprint density at radius 1 is 1.17 bits per heavy atom. The molecular weight excluding hydrogens is 309 g/mol. The van der Waals surface area contributed by atoms with Gasteiger partial charge >= 0.3 is 0 Å². The number of carbonyl (C=O) groups is 1. The van der Waals surface area contributed by atoms with Crippen LogP contribution in [0.4, 0.5) is 4.39 Å². The van der Waals surface area contributed by atoms with Crippen LogP contribution >= 0.6 is 0 Å². The van der Waals surface area contributed by atoms with Crippen LogP contribution < -0.4 is 9.47 Å². The minimum absolute atomic E-state index is 0.132. The number of nitrogens with zero attached hydrogens (tertiary/aromatic N) is 1. The van der Waals surface area contributed by atoms with Crippen LogP contribution in [0.1, 0.15) is 18.9 Å². The number of ether oxygens (including phenoxy) is 2. The van der Waals surface area contributed by atoms with Crippen LogP contribution in [-0.4, -0.2) is 31.1 Å². The van der Waals surface area contributed by atoms with Gasteiger partial charge in [0.25, 0.3) is 5.91 Å². The number of para-hydroxylation sites is 1. The first kappa shape index (κ1) is 17.8. The zero-order valence-corrected chi connectivity index (χ0v) is 14.2. The molecule has 5 heteroatoms. The number of methoxy groups -OCH3 is 1. The zero-order chi connectivity index (χ0) is 17.5. The third-order valence-electron chi connectivity index (χ3n) is 3.71. The van der Waals surface area contributed by atoms with Crippen LogP contribution in [0.2, 0.25) is 0 Å². The molecule has 2 aromatic carbocycles. The summed E-state index contributed by atoms with van der Waals surface area (Å²) in [6.07, 6.45) is -0.0953. The lowest BCUT2D eigenvalue weighted by molar-refractivity contribution is -0.138. The van der Waals surface area contributed by atoms with Gasteiger partial charge in [0.2, 0.25) is 0 Å². The van der Waals surface area contributed by atoms with Crippen molar-refractivity contribution in [3.05, 3.63) is 59.9 Å². The van der Waals surface area contributed by atoms with Crippen molar-refractivity contribution in [1.29, 1.82) is 0 Å². The van der Waals surface area contributed by atoms with Gasteiger partial charge in [0, 0.05) is 19.2 Å². The van der Waals surface area contributed by atoms with Crippen LogP contribution in [0, 0.1) is 5.82 Å². The van der Waals surface area contributed by atoms with E-state index in [0.717, 1.165) is 11.3 Å². The molecule has 0 aliphatic heterocycles. The molecule has 1 amide bonds. The van der Waals surface area contributed by atoms with Crippen molar-refractivity contribution in [3.8, 4) is 11.5 Å². The van der Waals surface area contributed by atoms with Gasteiger partial charge in [0.15, 0.2) is 6.10 Å². The second-order valence-electron chi connectivity index (χ2n) is 5.47. The van der Waals surface area contributed by atoms with Gasteiger partial charge in [-0.15, -0.1) is 0 Å². The molecule has 0 unspecified atom stereocenters. The molecule has 0 saturated carbocycles. The van der Waals surface area contributed by atoms with Crippen molar-refractivity contribution in [1.82, 2.24) is 4.90 Å². The standard InChI is InChI=1S/C19H22FNO3/c1-4-17(24-16-11-9-15(20)10-12-16)19(22)21(2)13-14-7-5-6-8-18(14)23-3/h5-12,17H,4,13H2,1-3H3/t17-/m0/s1. The van der Waals surface area contributed by atoms with E-state index in [-0.39, 0.29) is 11.7 Å². The van der Waals surface area contributed by atoms with Gasteiger partial charge < -0.3 is 14.4 Å². The summed E-state index contributed by atoms with van der Waals surface area (Å²) in [4.78, 5) is 14.2. The largest absolute Gasteiger partial charge is 0.496 e. The molecule has 24 heavy (non-hydrogen) atoms. The van der Waals surface area contributed by atoms with Gasteiger partial charge in [-0.2, -0.15) is 0 Å². The molecule has 2 rings (SSSR count). The molecule has 0 spiro atoms. The lowest BCUT2D eigenvalue weighted by atomic mass is 10.1. The highest BCUT2D eigenvalue weighted by atomic mass is 19.1. The Balaban J connectivity index is 2.05. The maximum Gasteiger partial charge on any atom is 0.263 e. The van der Waals surface area contributed by atoms with E-state index in [1.54, 1.807) is 19.1 Å². The van der Waals surface area contributed by atoms with E-state index in [9.17, 15) is 9.18 Å². The molecule has 0 aliphatic carbocycles. The topological polar surface area (TPSA) is 38.8 Å². The predicted molar refractivity (Wildman–Crippen MR) is 90.6 cm³/mol. The predicted octanol–water partition coefficient (Wildman–Crippen LogP) is 3.65. The summed E-state index contributed by atoms with van der Waals surface area (Å²) in [7, 11) is 3.33. The van der Waals surface area contributed by atoms with E-state index in [1.165, 1.54) is 24.3 Å². The second-order valence-corrected chi connectivity index (χ2v) is 5.47. The maximum atomic E-state index is 13.0. The number of halogens is 1. The summed E-state index contributed by atoms with van der Waals surface area (Å²) >= 11 is 0. The molecular formula is C19H22FNO3. The number of carbonyl (C=O) groups excluding carboxylic acids is 1. The highest BCUT2D eigenvalue weighted by Gasteiger charge is 2.23. The Labute approximate surface area is 141 Å². The first-order chi connectivity index (χ1) is 11.5. The smallest absolute Gasteiger partial charge is 0.263 e. The molecule has 0 bridgehead atoms. The molecule has 128 valence electrons. The minimum atomic E-state index is -0.616. The summed E-state index contributed by atoms with van der Waals surface area (Å²) in [5, 5.41) is 0. The van der Waals surface area contributed by atoms with Gasteiger partial charge in [0.05, 0.1) is 7.11 Å². The molecule has 0 N–H and O–H groups in total. The Morgan fingerprint density at radius 2 is 1.83 bits per heavy atom. The Morgan fingerprint density at radius 3 is 2.46 bits per heavy atom. The fourth-order valence-corrected chi connectivity index (χ4v) is 2.40. The summed E-state index contributed by atoms with van der Waals surface area (Å²) in [6.45, 7) is 2.30. The average Bonchev–Trinajstić information content (AvgIpc) is 2.61. The van der Waals surface area contributed by atoms with Crippen molar-refractivity contribution in [2.75, 3.05) is 14.2 Å². The monoisotopic (exact) mass is 331 g/mol. The van der Waals surface area contributed by atoms with Crippen LogP contribution in [-0.2, 0) is 11.3 Å². The van der Waals surface area contributed by atoms with Gasteiger partial charge in [-0.3, -0.25) is 4.79 Å². The lowest BCUT2D eigenvalue weighted by Crippen LogP contribution is -2.39. The first-order valence-electron chi connectivity index (χ1n) is 7.84. The molecule has 0 radical (unpaired) electrons. The van der Waals surface area contributed by atoms with E-state index in [2.05, 4.69) is 0 Å². The Kier molecular flexibility index (Phi) is 6.18. The van der Waals surface area contributed by atoms with Crippen molar-refractivity contribution in [2.45, 2.75) is 26.0 Å².